The number of thioether (sulfide) groups is 1. The van der Waals surface area contributed by atoms with Crippen LogP contribution in [0.2, 0.25) is 5.02 Å². The Morgan fingerprint density at radius 2 is 1.94 bits per heavy atom. The van der Waals surface area contributed by atoms with Crippen LogP contribution in [0.15, 0.2) is 63.9 Å². The van der Waals surface area contributed by atoms with Crippen molar-refractivity contribution >= 4 is 40.6 Å². The molecule has 4 rings (SSSR count). The van der Waals surface area contributed by atoms with E-state index in [9.17, 15) is 9.59 Å². The Balaban J connectivity index is 1.42. The van der Waals surface area contributed by atoms with Crippen LogP contribution in [0.4, 0.5) is 4.79 Å². The summed E-state index contributed by atoms with van der Waals surface area (Å²) in [5, 5.41) is 0.296. The summed E-state index contributed by atoms with van der Waals surface area (Å²) in [6, 6.07) is 17.0. The number of furan rings is 1. The fourth-order valence-corrected chi connectivity index (χ4v) is 4.58. The molecule has 1 aliphatic rings. The van der Waals surface area contributed by atoms with E-state index in [1.807, 2.05) is 31.2 Å². The van der Waals surface area contributed by atoms with E-state index in [-0.39, 0.29) is 24.3 Å². The third-order valence-corrected chi connectivity index (χ3v) is 6.39. The number of aryl methyl sites for hydroxylation is 1. The summed E-state index contributed by atoms with van der Waals surface area (Å²) in [6.07, 6.45) is 1.59. The molecule has 0 atom stereocenters. The van der Waals surface area contributed by atoms with Crippen LogP contribution < -0.4 is 4.74 Å². The van der Waals surface area contributed by atoms with Gasteiger partial charge in [0.15, 0.2) is 0 Å². The number of benzene rings is 2. The number of imide groups is 1. The molecule has 2 aromatic carbocycles. The average Bonchev–Trinajstić information content (AvgIpc) is 3.34. The minimum absolute atomic E-state index is 0.180. The standard InChI is InChI=1S/C26H24ClNO4S/c1-16(2)21-9-7-17(3)13-23(21)31-12-11-28-25(29)24(33-26(28)30)15-20-8-10-22(32-20)18-5-4-6-19(27)14-18/h4-10,13-16H,11-12H2,1-3H3/b24-15-. The predicted octanol–water partition coefficient (Wildman–Crippen LogP) is 7.15. The highest BCUT2D eigenvalue weighted by molar-refractivity contribution is 8.18. The van der Waals surface area contributed by atoms with Gasteiger partial charge in [0.2, 0.25) is 0 Å². The molecule has 1 fully saturated rings. The maximum atomic E-state index is 12.8. The molecule has 1 saturated heterocycles. The van der Waals surface area contributed by atoms with Crippen molar-refractivity contribution in [3.8, 4) is 17.1 Å². The van der Waals surface area contributed by atoms with Gasteiger partial charge in [-0.25, -0.2) is 0 Å². The van der Waals surface area contributed by atoms with Gasteiger partial charge in [-0.1, -0.05) is 49.7 Å². The molecule has 7 heteroatoms. The molecule has 1 aliphatic heterocycles. The zero-order valence-electron chi connectivity index (χ0n) is 18.6. The highest BCUT2D eigenvalue weighted by atomic mass is 35.5. The quantitative estimate of drug-likeness (QED) is 0.335. The summed E-state index contributed by atoms with van der Waals surface area (Å²) < 4.78 is 11.8. The fourth-order valence-electron chi connectivity index (χ4n) is 3.54. The Labute approximate surface area is 202 Å². The van der Waals surface area contributed by atoms with Crippen molar-refractivity contribution in [1.29, 1.82) is 0 Å². The molecule has 0 unspecified atom stereocenters. The molecule has 0 spiro atoms. The molecule has 170 valence electrons. The first-order valence-corrected chi connectivity index (χ1v) is 11.9. The molecule has 0 bridgehead atoms. The molecule has 0 aliphatic carbocycles. The molecule has 5 nitrogen and oxygen atoms in total. The second-order valence-electron chi connectivity index (χ2n) is 8.09. The highest BCUT2D eigenvalue weighted by Gasteiger charge is 2.35. The molecular weight excluding hydrogens is 458 g/mol. The van der Waals surface area contributed by atoms with E-state index in [1.165, 1.54) is 4.90 Å². The van der Waals surface area contributed by atoms with Gasteiger partial charge >= 0.3 is 0 Å². The molecule has 2 heterocycles. The van der Waals surface area contributed by atoms with Crippen molar-refractivity contribution in [2.45, 2.75) is 26.7 Å². The molecule has 0 saturated carbocycles. The fraction of sp³-hybridized carbons (Fsp3) is 0.231. The van der Waals surface area contributed by atoms with Gasteiger partial charge in [0.05, 0.1) is 11.4 Å². The summed E-state index contributed by atoms with van der Waals surface area (Å²) in [4.78, 5) is 26.8. The topological polar surface area (TPSA) is 59.8 Å². The Kier molecular flexibility index (Phi) is 6.96. The lowest BCUT2D eigenvalue weighted by atomic mass is 10.0. The lowest BCUT2D eigenvalue weighted by Gasteiger charge is -2.17. The summed E-state index contributed by atoms with van der Waals surface area (Å²) in [6.45, 7) is 6.62. The number of carbonyl (C=O) groups excluding carboxylic acids is 2. The molecule has 2 amide bonds. The zero-order chi connectivity index (χ0) is 23.5. The molecule has 0 N–H and O–H groups in total. The minimum Gasteiger partial charge on any atom is -0.491 e. The van der Waals surface area contributed by atoms with E-state index in [0.717, 1.165) is 34.2 Å². The maximum absolute atomic E-state index is 12.8. The molecule has 1 aromatic heterocycles. The Bertz CT molecular complexity index is 1230. The zero-order valence-corrected chi connectivity index (χ0v) is 20.2. The van der Waals surface area contributed by atoms with Crippen LogP contribution in [0.5, 0.6) is 5.75 Å². The predicted molar refractivity (Wildman–Crippen MR) is 133 cm³/mol. The number of ether oxygens (including phenoxy) is 1. The monoisotopic (exact) mass is 481 g/mol. The molecule has 33 heavy (non-hydrogen) atoms. The van der Waals surface area contributed by atoms with E-state index < -0.39 is 0 Å². The Hall–Kier alpha value is -2.96. The van der Waals surface area contributed by atoms with Crippen LogP contribution in [-0.4, -0.2) is 29.2 Å². The first-order chi connectivity index (χ1) is 15.8. The van der Waals surface area contributed by atoms with Gasteiger partial charge in [0.25, 0.3) is 11.1 Å². The lowest BCUT2D eigenvalue weighted by molar-refractivity contribution is -0.123. The summed E-state index contributed by atoms with van der Waals surface area (Å²) in [5.74, 6) is 1.88. The average molecular weight is 482 g/mol. The van der Waals surface area contributed by atoms with Crippen molar-refractivity contribution in [2.75, 3.05) is 13.2 Å². The lowest BCUT2D eigenvalue weighted by Crippen LogP contribution is -2.32. The first kappa shape index (κ1) is 23.2. The van der Waals surface area contributed by atoms with Crippen LogP contribution >= 0.6 is 23.4 Å². The summed E-state index contributed by atoms with van der Waals surface area (Å²) in [7, 11) is 0. The Morgan fingerprint density at radius 3 is 2.70 bits per heavy atom. The van der Waals surface area contributed by atoms with E-state index in [4.69, 9.17) is 20.8 Å². The SMILES string of the molecule is Cc1ccc(C(C)C)c(OCCN2C(=O)S/C(=C\c3ccc(-c4cccc(Cl)c4)o3)C2=O)c1. The molecule has 3 aromatic rings. The second-order valence-corrected chi connectivity index (χ2v) is 9.52. The highest BCUT2D eigenvalue weighted by Crippen LogP contribution is 2.34. The van der Waals surface area contributed by atoms with Gasteiger partial charge in [0.1, 0.15) is 23.9 Å². The van der Waals surface area contributed by atoms with Crippen LogP contribution in [0, 0.1) is 6.92 Å². The smallest absolute Gasteiger partial charge is 0.293 e. The van der Waals surface area contributed by atoms with Gasteiger partial charge in [-0.05, 0) is 66.1 Å². The first-order valence-electron chi connectivity index (χ1n) is 10.7. The van der Waals surface area contributed by atoms with Crippen LogP contribution in [-0.2, 0) is 4.79 Å². The number of rotatable bonds is 7. The number of hydrogen-bond donors (Lipinski definition) is 0. The number of amides is 2. The minimum atomic E-state index is -0.345. The number of nitrogens with zero attached hydrogens (tertiary/aromatic N) is 1. The maximum Gasteiger partial charge on any atom is 0.293 e. The van der Waals surface area contributed by atoms with Crippen molar-refractivity contribution < 1.29 is 18.7 Å². The van der Waals surface area contributed by atoms with Crippen LogP contribution in [0.3, 0.4) is 0 Å². The number of halogens is 1. The van der Waals surface area contributed by atoms with E-state index in [0.29, 0.717) is 27.4 Å². The van der Waals surface area contributed by atoms with Gasteiger partial charge in [-0.2, -0.15) is 0 Å². The number of carbonyl (C=O) groups is 2. The normalized spacial score (nSPS) is 15.2. The largest absolute Gasteiger partial charge is 0.491 e. The van der Waals surface area contributed by atoms with Gasteiger partial charge in [-0.3, -0.25) is 14.5 Å². The van der Waals surface area contributed by atoms with Crippen molar-refractivity contribution in [3.63, 3.8) is 0 Å². The Morgan fingerprint density at radius 1 is 1.12 bits per heavy atom. The van der Waals surface area contributed by atoms with Gasteiger partial charge in [-0.15, -0.1) is 0 Å². The van der Waals surface area contributed by atoms with E-state index in [1.54, 1.807) is 24.3 Å². The van der Waals surface area contributed by atoms with Gasteiger partial charge < -0.3 is 9.15 Å². The summed E-state index contributed by atoms with van der Waals surface area (Å²) in [5.41, 5.74) is 3.03. The molecular formula is C26H24ClNO4S. The summed E-state index contributed by atoms with van der Waals surface area (Å²) >= 11 is 6.95. The third-order valence-electron chi connectivity index (χ3n) is 5.25. The van der Waals surface area contributed by atoms with Crippen molar-refractivity contribution in [2.24, 2.45) is 0 Å². The van der Waals surface area contributed by atoms with Gasteiger partial charge in [0, 0.05) is 16.7 Å². The molecule has 0 radical (unpaired) electrons. The van der Waals surface area contributed by atoms with Crippen LogP contribution in [0.25, 0.3) is 17.4 Å². The van der Waals surface area contributed by atoms with Crippen molar-refractivity contribution in [3.05, 3.63) is 81.4 Å². The van der Waals surface area contributed by atoms with Crippen LogP contribution in [0.1, 0.15) is 36.7 Å². The van der Waals surface area contributed by atoms with E-state index >= 15 is 0 Å². The van der Waals surface area contributed by atoms with E-state index in [2.05, 4.69) is 26.0 Å². The second kappa shape index (κ2) is 9.89. The number of hydrogen-bond acceptors (Lipinski definition) is 5. The van der Waals surface area contributed by atoms with Crippen molar-refractivity contribution in [1.82, 2.24) is 4.90 Å². The third kappa shape index (κ3) is 5.34.